The first kappa shape index (κ1) is 15.0. The second-order valence-electron chi connectivity index (χ2n) is 5.51. The minimum atomic E-state index is 0.131. The van der Waals surface area contributed by atoms with Crippen molar-refractivity contribution < 1.29 is 5.11 Å². The Morgan fingerprint density at radius 1 is 1.43 bits per heavy atom. The summed E-state index contributed by atoms with van der Waals surface area (Å²) in [5.41, 5.74) is 2.71. The van der Waals surface area contributed by atoms with E-state index in [0.717, 1.165) is 17.6 Å². The molecule has 4 nitrogen and oxygen atoms in total. The van der Waals surface area contributed by atoms with E-state index in [-0.39, 0.29) is 11.7 Å². The minimum Gasteiger partial charge on any atom is -0.578 e. The van der Waals surface area contributed by atoms with Crippen LogP contribution in [-0.4, -0.2) is 23.4 Å². The van der Waals surface area contributed by atoms with Gasteiger partial charge >= 0.3 is 5.90 Å². The highest BCUT2D eigenvalue weighted by Crippen LogP contribution is 2.12. The highest BCUT2D eigenvalue weighted by Gasteiger charge is 2.11. The Morgan fingerprint density at radius 2 is 2.24 bits per heavy atom. The van der Waals surface area contributed by atoms with Gasteiger partial charge in [0.15, 0.2) is 5.84 Å². The Hall–Kier alpha value is -2.36. The van der Waals surface area contributed by atoms with Gasteiger partial charge in [-0.15, -0.1) is 4.99 Å². The summed E-state index contributed by atoms with van der Waals surface area (Å²) < 4.78 is 0. The van der Waals surface area contributed by atoms with Crippen LogP contribution in [0.4, 0.5) is 0 Å². The lowest BCUT2D eigenvalue weighted by molar-refractivity contribution is 0.555. The van der Waals surface area contributed by atoms with E-state index in [1.807, 2.05) is 24.3 Å². The summed E-state index contributed by atoms with van der Waals surface area (Å²) in [5, 5.41) is 19.1. The number of nitrogens with zero attached hydrogens (tertiary/aromatic N) is 1. The third-order valence-corrected chi connectivity index (χ3v) is 3.16. The number of aliphatic imine (C=N–C) groups is 1. The summed E-state index contributed by atoms with van der Waals surface area (Å²) in [4.78, 5) is 4.11. The summed E-state index contributed by atoms with van der Waals surface area (Å²) in [5.74, 6) is 0.847. The van der Waals surface area contributed by atoms with Crippen LogP contribution in [0.1, 0.15) is 25.0 Å². The fraction of sp³-hybridized carbons (Fsp3) is 0.294. The maximum absolute atomic E-state index is 8.08. The van der Waals surface area contributed by atoms with Crippen molar-refractivity contribution in [2.24, 2.45) is 10.9 Å². The van der Waals surface area contributed by atoms with Gasteiger partial charge in [-0.1, -0.05) is 32.1 Å². The highest BCUT2D eigenvalue weighted by atomic mass is 16.3. The average Bonchev–Trinajstić information content (AvgIpc) is 2.47. The van der Waals surface area contributed by atoms with Crippen molar-refractivity contribution in [3.8, 4) is 0 Å². The molecule has 1 aliphatic heterocycles. The normalized spacial score (nSPS) is 14.8. The fourth-order valence-electron chi connectivity index (χ4n) is 2.19. The molecule has 0 saturated heterocycles. The van der Waals surface area contributed by atoms with Crippen LogP contribution in [0.5, 0.6) is 0 Å². The highest BCUT2D eigenvalue weighted by molar-refractivity contribution is 6.08. The molecule has 0 atom stereocenters. The van der Waals surface area contributed by atoms with Crippen LogP contribution in [0.15, 0.2) is 53.2 Å². The summed E-state index contributed by atoms with van der Waals surface area (Å²) >= 11 is 0. The lowest BCUT2D eigenvalue weighted by atomic mass is 10.0. The number of rotatable bonds is 4. The van der Waals surface area contributed by atoms with Crippen molar-refractivity contribution in [1.29, 1.82) is 5.41 Å². The van der Waals surface area contributed by atoms with E-state index in [9.17, 15) is 0 Å². The topological polar surface area (TPSA) is 71.1 Å². The maximum Gasteiger partial charge on any atom is 0.366 e. The van der Waals surface area contributed by atoms with Crippen LogP contribution in [-0.2, 0) is 6.42 Å². The van der Waals surface area contributed by atoms with E-state index in [1.54, 1.807) is 12.3 Å². The van der Waals surface area contributed by atoms with Crippen LogP contribution in [0, 0.1) is 11.3 Å². The fourth-order valence-corrected chi connectivity index (χ4v) is 2.19. The molecule has 0 radical (unpaired) electrons. The van der Waals surface area contributed by atoms with Gasteiger partial charge in [0, 0.05) is 12.1 Å². The van der Waals surface area contributed by atoms with Gasteiger partial charge in [-0.25, -0.2) is 0 Å². The molecule has 4 heteroatoms. The predicted octanol–water partition coefficient (Wildman–Crippen LogP) is 2.38. The SMILES string of the molecule is CC(C)Cc1cccc(C([OH2+])=NC(=N)C2=CCNC=C2)c1. The van der Waals surface area contributed by atoms with Gasteiger partial charge in [0.2, 0.25) is 0 Å². The van der Waals surface area contributed by atoms with Crippen LogP contribution in [0.3, 0.4) is 0 Å². The van der Waals surface area contributed by atoms with E-state index in [2.05, 4.69) is 30.2 Å². The summed E-state index contributed by atoms with van der Waals surface area (Å²) in [6.45, 7) is 5.04. The molecule has 1 aromatic rings. The molecule has 1 heterocycles. The molecule has 0 unspecified atom stereocenters. The predicted molar refractivity (Wildman–Crippen MR) is 88.1 cm³/mol. The van der Waals surface area contributed by atoms with Crippen LogP contribution >= 0.6 is 0 Å². The Kier molecular flexibility index (Phi) is 4.93. The molecule has 0 saturated carbocycles. The third-order valence-electron chi connectivity index (χ3n) is 3.16. The number of benzene rings is 1. The Balaban J connectivity index is 2.17. The van der Waals surface area contributed by atoms with E-state index < -0.39 is 0 Å². The van der Waals surface area contributed by atoms with Crippen molar-refractivity contribution in [2.75, 3.05) is 6.54 Å². The zero-order valence-electron chi connectivity index (χ0n) is 12.5. The van der Waals surface area contributed by atoms with Crippen molar-refractivity contribution in [1.82, 2.24) is 5.32 Å². The molecular weight excluding hydrogens is 262 g/mol. The van der Waals surface area contributed by atoms with Crippen molar-refractivity contribution in [3.05, 3.63) is 59.3 Å². The molecule has 0 aliphatic carbocycles. The van der Waals surface area contributed by atoms with Gasteiger partial charge in [-0.2, -0.15) is 0 Å². The molecule has 0 spiro atoms. The van der Waals surface area contributed by atoms with Gasteiger partial charge in [0.25, 0.3) is 0 Å². The number of hydrogen-bond donors (Lipinski definition) is 2. The maximum atomic E-state index is 8.08. The first-order valence-electron chi connectivity index (χ1n) is 7.15. The molecule has 0 bridgehead atoms. The first-order valence-corrected chi connectivity index (χ1v) is 7.15. The second-order valence-corrected chi connectivity index (χ2v) is 5.51. The Labute approximate surface area is 125 Å². The number of dihydropyridines is 1. The standard InChI is InChI=1S/C17H21N3O/c1-12(2)10-13-4-3-5-15(11-13)17(21)20-16(18)14-6-8-19-9-7-14/h3-8,11-12,19H,9-10H2,1-2H3,(H2,18,20,21)/p+1. The molecule has 4 N–H and O–H groups in total. The molecule has 0 amide bonds. The van der Waals surface area contributed by atoms with Gasteiger partial charge in [0.1, 0.15) is 0 Å². The summed E-state index contributed by atoms with van der Waals surface area (Å²) in [6.07, 6.45) is 6.48. The average molecular weight is 284 g/mol. The van der Waals surface area contributed by atoms with Gasteiger partial charge in [-0.05, 0) is 42.3 Å². The van der Waals surface area contributed by atoms with E-state index in [0.29, 0.717) is 12.5 Å². The van der Waals surface area contributed by atoms with E-state index in [1.165, 1.54) is 5.56 Å². The lowest BCUT2D eigenvalue weighted by Crippen LogP contribution is -2.13. The number of nitrogens with one attached hydrogen (secondary N) is 2. The van der Waals surface area contributed by atoms with Crippen molar-refractivity contribution >= 4 is 11.7 Å². The van der Waals surface area contributed by atoms with Crippen LogP contribution in [0.25, 0.3) is 0 Å². The number of hydrogen-bond acceptors (Lipinski definition) is 2. The second kappa shape index (κ2) is 6.88. The summed E-state index contributed by atoms with van der Waals surface area (Å²) in [6, 6.07) is 7.88. The zero-order chi connectivity index (χ0) is 15.2. The first-order chi connectivity index (χ1) is 10.1. The monoisotopic (exact) mass is 284 g/mol. The van der Waals surface area contributed by atoms with Crippen molar-refractivity contribution in [3.63, 3.8) is 0 Å². The van der Waals surface area contributed by atoms with Gasteiger partial charge in [0.05, 0.1) is 5.56 Å². The molecule has 21 heavy (non-hydrogen) atoms. The zero-order valence-corrected chi connectivity index (χ0v) is 12.5. The lowest BCUT2D eigenvalue weighted by Gasteiger charge is -2.07. The van der Waals surface area contributed by atoms with Gasteiger partial charge in [-0.3, -0.25) is 5.41 Å². The molecule has 0 fully saturated rings. The molecule has 110 valence electrons. The molecular formula is C17H22N3O+. The minimum absolute atomic E-state index is 0.131. The molecule has 2 rings (SSSR count). The van der Waals surface area contributed by atoms with Crippen LogP contribution in [0.2, 0.25) is 0 Å². The van der Waals surface area contributed by atoms with E-state index >= 15 is 0 Å². The van der Waals surface area contributed by atoms with E-state index in [4.69, 9.17) is 10.5 Å². The van der Waals surface area contributed by atoms with Crippen LogP contribution < -0.4 is 5.32 Å². The largest absolute Gasteiger partial charge is 0.578 e. The molecule has 1 aliphatic rings. The molecule has 0 aromatic heterocycles. The summed E-state index contributed by atoms with van der Waals surface area (Å²) in [7, 11) is 0. The Bertz CT molecular complexity index is 612. The smallest absolute Gasteiger partial charge is 0.366 e. The van der Waals surface area contributed by atoms with Gasteiger partial charge < -0.3 is 10.4 Å². The molecule has 1 aromatic carbocycles. The third kappa shape index (κ3) is 4.31. The Morgan fingerprint density at radius 3 is 2.90 bits per heavy atom. The quantitative estimate of drug-likeness (QED) is 0.497. The number of amidine groups is 1. The van der Waals surface area contributed by atoms with Crippen molar-refractivity contribution in [2.45, 2.75) is 20.3 Å².